The van der Waals surface area contributed by atoms with Crippen LogP contribution in [0.3, 0.4) is 0 Å². The highest BCUT2D eigenvalue weighted by molar-refractivity contribution is 6.37. The standard InChI is InChI=1S/2C28H33Cl2FN8O2/c2*1-5-21(40)36-8-10-37(11-9-36)26-18-12-16(4)39(25-22(31)19(29)13-20(30)23(25)32)27(41)24(18)33-28(34-26)38-14-17(15-38)35(6-2)7-3/h2*5,12-13,17H,1,6-11,14-15,32H2,2-4H3. The van der Waals surface area contributed by atoms with Gasteiger partial charge in [0.05, 0.1) is 42.2 Å². The Bertz CT molecular complexity index is 3340. The van der Waals surface area contributed by atoms with Crippen LogP contribution in [0, 0.1) is 25.5 Å². The molecule has 4 N–H and O–H groups in total. The number of pyridine rings is 2. The van der Waals surface area contributed by atoms with E-state index in [1.807, 2.05) is 9.80 Å². The largest absolute Gasteiger partial charge is 0.396 e. The molecule has 0 bridgehead atoms. The highest BCUT2D eigenvalue weighted by atomic mass is 35.5. The van der Waals surface area contributed by atoms with E-state index in [0.717, 1.165) is 52.4 Å². The van der Waals surface area contributed by atoms with Gasteiger partial charge in [0.1, 0.15) is 34.0 Å². The Balaban J connectivity index is 0.000000198. The number of fused-ring (bicyclic) bond motifs is 2. The number of piperazine rings is 2. The van der Waals surface area contributed by atoms with Crippen molar-refractivity contribution < 1.29 is 18.4 Å². The minimum atomic E-state index is -0.847. The lowest BCUT2D eigenvalue weighted by atomic mass is 10.1. The minimum Gasteiger partial charge on any atom is -0.396 e. The number of anilines is 6. The molecule has 20 nitrogen and oxygen atoms in total. The quantitative estimate of drug-likeness (QED) is 0.0642. The SMILES string of the molecule is C=CC(=O)N1CCN(c2nc(N3CC(N(CC)CC)C3)nc3c(=O)n(-c4c(N)c(Cl)cc(Cl)c4F)c(C)cc23)CC1.C=CC(=O)N1CCN(c2nc(N3CC(N(CC)CC)C3)nc3c(=O)n(-c4c(N)c(Cl)cc(Cl)c4F)c(C)cc23)CC1. The average Bonchev–Trinajstić information content (AvgIpc) is 1.56. The van der Waals surface area contributed by atoms with Crippen LogP contribution in [-0.2, 0) is 9.59 Å². The van der Waals surface area contributed by atoms with Crippen LogP contribution >= 0.6 is 46.4 Å². The zero-order chi connectivity index (χ0) is 59.2. The number of nitrogen functional groups attached to an aromatic ring is 2. The minimum absolute atomic E-state index is 0.0387. The molecule has 436 valence electrons. The Labute approximate surface area is 493 Å². The van der Waals surface area contributed by atoms with Gasteiger partial charge < -0.3 is 40.9 Å². The Morgan fingerprint density at radius 3 is 1.20 bits per heavy atom. The van der Waals surface area contributed by atoms with E-state index < -0.39 is 22.8 Å². The third-order valence-corrected chi connectivity index (χ3v) is 17.1. The Morgan fingerprint density at radius 1 is 0.561 bits per heavy atom. The van der Waals surface area contributed by atoms with Gasteiger partial charge in [-0.3, -0.25) is 38.1 Å². The number of nitrogens with two attached hydrogens (primary N) is 2. The molecule has 26 heteroatoms. The van der Waals surface area contributed by atoms with Gasteiger partial charge in [0, 0.05) is 102 Å². The molecule has 4 aromatic heterocycles. The van der Waals surface area contributed by atoms with E-state index in [4.69, 9.17) is 77.8 Å². The van der Waals surface area contributed by atoms with Crippen LogP contribution in [-0.4, -0.2) is 177 Å². The van der Waals surface area contributed by atoms with Gasteiger partial charge in [0.25, 0.3) is 11.1 Å². The highest BCUT2D eigenvalue weighted by Crippen LogP contribution is 2.38. The molecule has 8 heterocycles. The van der Waals surface area contributed by atoms with Crippen molar-refractivity contribution in [1.82, 2.24) is 48.7 Å². The van der Waals surface area contributed by atoms with Gasteiger partial charge in [-0.25, -0.2) is 18.7 Å². The van der Waals surface area contributed by atoms with Gasteiger partial charge in [-0.05, 0) is 76.4 Å². The third-order valence-electron chi connectivity index (χ3n) is 15.9. The number of aryl methyl sites for hydroxylation is 2. The van der Waals surface area contributed by atoms with Crippen molar-refractivity contribution in [3.63, 3.8) is 0 Å². The number of aromatic nitrogens is 6. The summed E-state index contributed by atoms with van der Waals surface area (Å²) < 4.78 is 33.0. The maximum absolute atomic E-state index is 15.3. The lowest BCUT2D eigenvalue weighted by Gasteiger charge is -2.45. The first-order valence-electron chi connectivity index (χ1n) is 27.2. The van der Waals surface area contributed by atoms with Gasteiger partial charge in [-0.15, -0.1) is 0 Å². The first-order chi connectivity index (χ1) is 39.2. The fourth-order valence-electron chi connectivity index (χ4n) is 11.2. The van der Waals surface area contributed by atoms with Crippen molar-refractivity contribution in [3.8, 4) is 11.4 Å². The maximum atomic E-state index is 15.3. The molecule has 82 heavy (non-hydrogen) atoms. The lowest BCUT2D eigenvalue weighted by Crippen LogP contribution is -2.60. The third kappa shape index (κ3) is 11.1. The van der Waals surface area contributed by atoms with Crippen LogP contribution in [0.15, 0.2) is 59.2 Å². The second-order valence-electron chi connectivity index (χ2n) is 20.5. The summed E-state index contributed by atoms with van der Waals surface area (Å²) in [5, 5.41) is 0.649. The van der Waals surface area contributed by atoms with Crippen molar-refractivity contribution >= 4 is 115 Å². The topological polar surface area (TPSA) is 208 Å². The van der Waals surface area contributed by atoms with Crippen molar-refractivity contribution in [2.45, 2.75) is 53.6 Å². The van der Waals surface area contributed by atoms with E-state index in [9.17, 15) is 19.2 Å². The van der Waals surface area contributed by atoms with Gasteiger partial charge in [0.15, 0.2) is 11.6 Å². The molecule has 0 unspecified atom stereocenters. The molecule has 0 aliphatic carbocycles. The van der Waals surface area contributed by atoms with E-state index in [0.29, 0.717) is 110 Å². The average molecular weight is 1210 g/mol. The summed E-state index contributed by atoms with van der Waals surface area (Å²) in [4.78, 5) is 88.2. The molecule has 0 spiro atoms. The number of nitrogens with zero attached hydrogens (tertiary/aromatic N) is 14. The zero-order valence-electron chi connectivity index (χ0n) is 46.7. The van der Waals surface area contributed by atoms with Crippen LogP contribution in [0.2, 0.25) is 20.1 Å². The van der Waals surface area contributed by atoms with E-state index >= 15 is 8.78 Å². The highest BCUT2D eigenvalue weighted by Gasteiger charge is 2.36. The summed E-state index contributed by atoms with van der Waals surface area (Å²) in [6.45, 7) is 29.7. The Hall–Kier alpha value is -6.82. The smallest absolute Gasteiger partial charge is 0.282 e. The normalized spacial score (nSPS) is 16.0. The lowest BCUT2D eigenvalue weighted by molar-refractivity contribution is -0.127. The van der Waals surface area contributed by atoms with Crippen LogP contribution < -0.4 is 42.2 Å². The summed E-state index contributed by atoms with van der Waals surface area (Å²) in [5.74, 6) is 0.0784. The molecule has 4 aliphatic heterocycles. The number of halogens is 6. The second kappa shape index (κ2) is 24.6. The predicted molar refractivity (Wildman–Crippen MR) is 324 cm³/mol. The molecule has 6 aromatic rings. The number of rotatable bonds is 14. The van der Waals surface area contributed by atoms with Gasteiger partial charge in [-0.2, -0.15) is 9.97 Å². The van der Waals surface area contributed by atoms with E-state index in [1.54, 1.807) is 35.8 Å². The van der Waals surface area contributed by atoms with E-state index in [-0.39, 0.29) is 65.7 Å². The number of likely N-dealkylation sites (N-methyl/N-ethyl adjacent to an activating group) is 2. The molecule has 4 fully saturated rings. The molecule has 0 atom stereocenters. The summed E-state index contributed by atoms with van der Waals surface area (Å²) in [5.41, 5.74) is 11.7. The molecular weight excluding hydrogens is 1140 g/mol. The Kier molecular flexibility index (Phi) is 17.9. The summed E-state index contributed by atoms with van der Waals surface area (Å²) in [7, 11) is 0. The second-order valence-corrected chi connectivity index (χ2v) is 22.1. The molecular formula is C56H66Cl4F2N16O4. The first-order valence-corrected chi connectivity index (χ1v) is 28.8. The van der Waals surface area contributed by atoms with Gasteiger partial charge >= 0.3 is 0 Å². The summed E-state index contributed by atoms with van der Waals surface area (Å²) in [6, 6.07) is 6.64. The van der Waals surface area contributed by atoms with Crippen LogP contribution in [0.1, 0.15) is 39.1 Å². The van der Waals surface area contributed by atoms with Crippen molar-refractivity contribution in [1.29, 1.82) is 0 Å². The van der Waals surface area contributed by atoms with Crippen molar-refractivity contribution in [2.24, 2.45) is 0 Å². The number of carbonyl (C=O) groups excluding carboxylic acids is 2. The molecule has 10 rings (SSSR count). The molecule has 2 amide bonds. The van der Waals surface area contributed by atoms with Gasteiger partial charge in [-0.1, -0.05) is 87.3 Å². The summed E-state index contributed by atoms with van der Waals surface area (Å²) in [6.07, 6.45) is 2.62. The molecule has 2 aromatic carbocycles. The maximum Gasteiger partial charge on any atom is 0.282 e. The number of hydrogen-bond acceptors (Lipinski definition) is 16. The van der Waals surface area contributed by atoms with E-state index in [1.165, 1.54) is 33.4 Å². The number of benzene rings is 2. The number of amides is 2. The van der Waals surface area contributed by atoms with Crippen molar-refractivity contribution in [3.05, 3.63) is 113 Å². The molecule has 4 saturated heterocycles. The van der Waals surface area contributed by atoms with Crippen LogP contribution in [0.5, 0.6) is 0 Å². The first kappa shape index (κ1) is 59.8. The van der Waals surface area contributed by atoms with Crippen molar-refractivity contribution in [2.75, 3.05) is 136 Å². The molecule has 0 radical (unpaired) electrons. The fourth-order valence-corrected chi connectivity index (χ4v) is 12.1. The predicted octanol–water partition coefficient (Wildman–Crippen LogP) is 6.96. The van der Waals surface area contributed by atoms with E-state index in [2.05, 4.69) is 60.5 Å². The van der Waals surface area contributed by atoms with Crippen LogP contribution in [0.25, 0.3) is 33.2 Å². The zero-order valence-corrected chi connectivity index (χ0v) is 49.7. The Morgan fingerprint density at radius 2 is 0.890 bits per heavy atom. The number of carbonyl (C=O) groups is 2. The number of hydrogen-bond donors (Lipinski definition) is 2. The molecule has 4 aliphatic rings. The fraction of sp³-hybridized carbons (Fsp3) is 0.429. The van der Waals surface area contributed by atoms with Crippen LogP contribution in [0.4, 0.5) is 43.7 Å². The molecule has 0 saturated carbocycles. The summed E-state index contributed by atoms with van der Waals surface area (Å²) >= 11 is 24.6. The monoisotopic (exact) mass is 1200 g/mol. The van der Waals surface area contributed by atoms with Gasteiger partial charge in [0.2, 0.25) is 23.7 Å².